The molecule has 15 heavy (non-hydrogen) atoms. The minimum Gasteiger partial charge on any atom is -0.407 e. The van der Waals surface area contributed by atoms with Crippen LogP contribution >= 0.6 is 22.6 Å². The van der Waals surface area contributed by atoms with E-state index < -0.39 is 0 Å². The molecule has 3 nitrogen and oxygen atoms in total. The Labute approximate surface area is 100 Å². The van der Waals surface area contributed by atoms with E-state index in [9.17, 15) is 4.79 Å². The maximum atomic E-state index is 11.5. The van der Waals surface area contributed by atoms with E-state index >= 15 is 0 Å². The first-order valence-corrected chi connectivity index (χ1v) is 5.49. The van der Waals surface area contributed by atoms with Gasteiger partial charge in [-0.2, -0.15) is 0 Å². The van der Waals surface area contributed by atoms with E-state index in [1.54, 1.807) is 0 Å². The van der Waals surface area contributed by atoms with Crippen molar-refractivity contribution in [3.63, 3.8) is 0 Å². The topological polar surface area (TPSA) is 35.1 Å². The molecule has 0 unspecified atom stereocenters. The maximum absolute atomic E-state index is 11.5. The van der Waals surface area contributed by atoms with Gasteiger partial charge in [-0.05, 0) is 22.5 Å². The number of benzene rings is 1. The molecule has 0 amide bonds. The Bertz CT molecular complexity index is 613. The number of aryl methyl sites for hydroxylation is 1. The molecular formula is C11H8INO2. The zero-order chi connectivity index (χ0) is 10.8. The molecule has 0 aliphatic heterocycles. The Hall–Kier alpha value is -1.22. The lowest BCUT2D eigenvalue weighted by atomic mass is 10.2. The quantitative estimate of drug-likeness (QED) is 0.598. The normalized spacial score (nSPS) is 10.0. The highest BCUT2D eigenvalue weighted by molar-refractivity contribution is 14.1. The summed E-state index contributed by atoms with van der Waals surface area (Å²) in [5, 5.41) is 0. The van der Waals surface area contributed by atoms with Crippen molar-refractivity contribution in [3.05, 3.63) is 34.3 Å². The van der Waals surface area contributed by atoms with Gasteiger partial charge < -0.3 is 4.42 Å². The fourth-order valence-electron chi connectivity index (χ4n) is 1.48. The highest BCUT2D eigenvalue weighted by Crippen LogP contribution is 2.16. The van der Waals surface area contributed by atoms with Gasteiger partial charge in [0.2, 0.25) is 0 Å². The molecule has 0 spiro atoms. The second-order valence-electron chi connectivity index (χ2n) is 3.15. The van der Waals surface area contributed by atoms with Crippen LogP contribution in [0.25, 0.3) is 11.1 Å². The largest absolute Gasteiger partial charge is 0.420 e. The summed E-state index contributed by atoms with van der Waals surface area (Å²) in [6.45, 7) is 2.29. The number of rotatable bonds is 1. The highest BCUT2D eigenvalue weighted by atomic mass is 127. The molecule has 1 aromatic carbocycles. The van der Waals surface area contributed by atoms with Crippen molar-refractivity contribution >= 4 is 33.7 Å². The maximum Gasteiger partial charge on any atom is 0.420 e. The molecule has 0 aliphatic carbocycles. The second kappa shape index (κ2) is 4.11. The monoisotopic (exact) mass is 313 g/mol. The zero-order valence-electron chi connectivity index (χ0n) is 8.08. The minimum atomic E-state index is -0.349. The summed E-state index contributed by atoms with van der Waals surface area (Å²) in [6.07, 6.45) is 0. The van der Waals surface area contributed by atoms with Crippen LogP contribution in [0.1, 0.15) is 5.56 Å². The summed E-state index contributed by atoms with van der Waals surface area (Å²) >= 11 is 1.95. The van der Waals surface area contributed by atoms with Crippen molar-refractivity contribution in [2.75, 3.05) is 0 Å². The van der Waals surface area contributed by atoms with Crippen molar-refractivity contribution < 1.29 is 4.42 Å². The summed E-state index contributed by atoms with van der Waals surface area (Å²) in [5.74, 6) is 2.49. The molecule has 0 aliphatic rings. The molecular weight excluding hydrogens is 305 g/mol. The van der Waals surface area contributed by atoms with Crippen molar-refractivity contribution in [1.29, 1.82) is 0 Å². The predicted octanol–water partition coefficient (Wildman–Crippen LogP) is 2.30. The van der Waals surface area contributed by atoms with E-state index in [0.717, 1.165) is 11.1 Å². The van der Waals surface area contributed by atoms with Crippen LogP contribution in [0.2, 0.25) is 0 Å². The molecule has 0 saturated carbocycles. The van der Waals surface area contributed by atoms with Gasteiger partial charge in [0.05, 0.1) is 12.1 Å². The first-order valence-electron chi connectivity index (χ1n) is 4.41. The van der Waals surface area contributed by atoms with Crippen LogP contribution in [-0.4, -0.2) is 4.57 Å². The standard InChI is InChI=1S/C11H8INO2/c1-8-4-2-5-9-10(8)15-11(14)13(9)7-3-6-12/h2,4-5H,7H2,1H3. The van der Waals surface area contributed by atoms with Gasteiger partial charge in [0.25, 0.3) is 0 Å². The Balaban J connectivity index is 2.72. The Morgan fingerprint density at radius 1 is 1.53 bits per heavy atom. The molecule has 0 fully saturated rings. The molecule has 0 atom stereocenters. The van der Waals surface area contributed by atoms with E-state index in [1.807, 2.05) is 47.7 Å². The van der Waals surface area contributed by atoms with Crippen LogP contribution in [0.5, 0.6) is 0 Å². The second-order valence-corrected chi connectivity index (χ2v) is 3.69. The molecule has 0 N–H and O–H groups in total. The lowest BCUT2D eigenvalue weighted by Crippen LogP contribution is -2.12. The molecule has 1 heterocycles. The van der Waals surface area contributed by atoms with Crippen molar-refractivity contribution in [1.82, 2.24) is 4.57 Å². The van der Waals surface area contributed by atoms with Crippen LogP contribution in [-0.2, 0) is 6.54 Å². The SMILES string of the molecule is Cc1cccc2c1oc(=O)n2CC#CI. The smallest absolute Gasteiger partial charge is 0.407 e. The average Bonchev–Trinajstić information content (AvgIpc) is 2.54. The third-order valence-electron chi connectivity index (χ3n) is 2.20. The Morgan fingerprint density at radius 3 is 3.07 bits per heavy atom. The number of fused-ring (bicyclic) bond motifs is 1. The number of para-hydroxylation sites is 1. The lowest BCUT2D eigenvalue weighted by Gasteiger charge is -1.95. The lowest BCUT2D eigenvalue weighted by molar-refractivity contribution is 0.520. The first kappa shape index (κ1) is 10.3. The fraction of sp³-hybridized carbons (Fsp3) is 0.182. The summed E-state index contributed by atoms with van der Waals surface area (Å²) in [7, 11) is 0. The first-order chi connectivity index (χ1) is 7.24. The van der Waals surface area contributed by atoms with E-state index in [-0.39, 0.29) is 5.76 Å². The molecule has 2 rings (SSSR count). The average molecular weight is 313 g/mol. The molecule has 0 bridgehead atoms. The van der Waals surface area contributed by atoms with Crippen LogP contribution < -0.4 is 5.76 Å². The van der Waals surface area contributed by atoms with Gasteiger partial charge in [0.1, 0.15) is 0 Å². The van der Waals surface area contributed by atoms with Crippen LogP contribution in [0.3, 0.4) is 0 Å². The van der Waals surface area contributed by atoms with Gasteiger partial charge in [-0.1, -0.05) is 18.1 Å². The fourth-order valence-corrected chi connectivity index (χ4v) is 1.65. The number of aromatic nitrogens is 1. The number of halogens is 1. The Morgan fingerprint density at radius 2 is 2.33 bits per heavy atom. The summed E-state index contributed by atoms with van der Waals surface area (Å²) in [5.41, 5.74) is 2.42. The highest BCUT2D eigenvalue weighted by Gasteiger charge is 2.08. The summed E-state index contributed by atoms with van der Waals surface area (Å²) in [6, 6.07) is 5.68. The van der Waals surface area contributed by atoms with Gasteiger partial charge in [-0.15, -0.1) is 0 Å². The third kappa shape index (κ3) is 1.79. The van der Waals surface area contributed by atoms with Gasteiger partial charge in [-0.25, -0.2) is 4.79 Å². The van der Waals surface area contributed by atoms with E-state index in [4.69, 9.17) is 4.42 Å². The van der Waals surface area contributed by atoms with E-state index in [2.05, 4.69) is 9.85 Å². The Kier molecular flexibility index (Phi) is 2.82. The van der Waals surface area contributed by atoms with Gasteiger partial charge in [0, 0.05) is 22.6 Å². The summed E-state index contributed by atoms with van der Waals surface area (Å²) < 4.78 is 9.43. The van der Waals surface area contributed by atoms with Crippen molar-refractivity contribution in [2.45, 2.75) is 13.5 Å². The molecule has 4 heteroatoms. The summed E-state index contributed by atoms with van der Waals surface area (Å²) in [4.78, 5) is 11.5. The number of nitrogens with zero attached hydrogens (tertiary/aromatic N) is 1. The van der Waals surface area contributed by atoms with Crippen LogP contribution in [0, 0.1) is 16.8 Å². The van der Waals surface area contributed by atoms with Crippen LogP contribution in [0.15, 0.2) is 27.4 Å². The van der Waals surface area contributed by atoms with Crippen molar-refractivity contribution in [2.24, 2.45) is 0 Å². The molecule has 0 saturated heterocycles. The number of hydrogen-bond acceptors (Lipinski definition) is 2. The molecule has 0 radical (unpaired) electrons. The minimum absolute atomic E-state index is 0.349. The number of oxazole rings is 1. The van der Waals surface area contributed by atoms with Gasteiger partial charge >= 0.3 is 5.76 Å². The zero-order valence-corrected chi connectivity index (χ0v) is 10.2. The van der Waals surface area contributed by atoms with Gasteiger partial charge in [-0.3, -0.25) is 4.57 Å². The third-order valence-corrected chi connectivity index (χ3v) is 2.58. The van der Waals surface area contributed by atoms with E-state index in [1.165, 1.54) is 4.57 Å². The number of hydrogen-bond donors (Lipinski definition) is 0. The van der Waals surface area contributed by atoms with Crippen molar-refractivity contribution in [3.8, 4) is 9.85 Å². The van der Waals surface area contributed by atoms with Crippen LogP contribution in [0.4, 0.5) is 0 Å². The molecule has 1 aromatic heterocycles. The predicted molar refractivity (Wildman–Crippen MR) is 67.0 cm³/mol. The van der Waals surface area contributed by atoms with E-state index in [0.29, 0.717) is 12.1 Å². The molecule has 2 aromatic rings. The van der Waals surface area contributed by atoms with Gasteiger partial charge in [0.15, 0.2) is 5.58 Å². The molecule has 76 valence electrons.